The number of aryl methyl sites for hydroxylation is 2. The van der Waals surface area contributed by atoms with E-state index in [1.165, 1.54) is 120 Å². The summed E-state index contributed by atoms with van der Waals surface area (Å²) in [6.45, 7) is 4.56. The molecule has 0 aliphatic carbocycles. The number of pyridine rings is 1. The Morgan fingerprint density at radius 1 is 0.455 bits per heavy atom. The van der Waals surface area contributed by atoms with Crippen molar-refractivity contribution in [3.63, 3.8) is 0 Å². The van der Waals surface area contributed by atoms with Crippen molar-refractivity contribution in [2.24, 2.45) is 0 Å². The van der Waals surface area contributed by atoms with Crippen LogP contribution in [0.3, 0.4) is 0 Å². The maximum absolute atomic E-state index is 4.63. The maximum atomic E-state index is 4.63. The van der Waals surface area contributed by atoms with Crippen molar-refractivity contribution >= 4 is 0 Å². The van der Waals surface area contributed by atoms with Gasteiger partial charge >= 0.3 is 0 Å². The highest BCUT2D eigenvalue weighted by molar-refractivity contribution is 5.48. The zero-order chi connectivity index (χ0) is 23.4. The minimum absolute atomic E-state index is 0.740. The molecule has 3 heteroatoms. The highest BCUT2D eigenvalue weighted by Gasteiger charge is 2.04. The molecule has 0 saturated carbocycles. The lowest BCUT2D eigenvalue weighted by Crippen LogP contribution is -1.96. The van der Waals surface area contributed by atoms with E-state index in [0.29, 0.717) is 0 Å². The quantitative estimate of drug-likeness (QED) is 0.188. The third-order valence-electron chi connectivity index (χ3n) is 6.65. The summed E-state index contributed by atoms with van der Waals surface area (Å²) in [7, 11) is 0. The Morgan fingerprint density at radius 3 is 1.33 bits per heavy atom. The van der Waals surface area contributed by atoms with Crippen molar-refractivity contribution in [1.29, 1.82) is 0 Å². The predicted molar refractivity (Wildman–Crippen MR) is 143 cm³/mol. The maximum Gasteiger partial charge on any atom is 0.178 e. The zero-order valence-electron chi connectivity index (χ0n) is 21.7. The van der Waals surface area contributed by atoms with Gasteiger partial charge in [0.1, 0.15) is 5.69 Å². The average Bonchev–Trinajstić information content (AvgIpc) is 2.85. The fourth-order valence-corrected chi connectivity index (χ4v) is 4.42. The van der Waals surface area contributed by atoms with Crippen LogP contribution in [-0.4, -0.2) is 15.0 Å². The van der Waals surface area contributed by atoms with Crippen LogP contribution >= 0.6 is 0 Å². The molecule has 2 aromatic heterocycles. The summed E-state index contributed by atoms with van der Waals surface area (Å²) in [4.78, 5) is 13.8. The average molecular weight is 452 g/mol. The monoisotopic (exact) mass is 451 g/mol. The Labute approximate surface area is 204 Å². The van der Waals surface area contributed by atoms with E-state index in [-0.39, 0.29) is 0 Å². The fourth-order valence-electron chi connectivity index (χ4n) is 4.42. The van der Waals surface area contributed by atoms with Gasteiger partial charge in [-0.3, -0.25) is 4.98 Å². The van der Waals surface area contributed by atoms with Gasteiger partial charge in [-0.1, -0.05) is 116 Å². The number of aromatic nitrogens is 3. The van der Waals surface area contributed by atoms with Crippen LogP contribution in [0.1, 0.15) is 134 Å². The van der Waals surface area contributed by atoms with Crippen molar-refractivity contribution < 1.29 is 0 Å². The number of nitrogens with zero attached hydrogens (tertiary/aromatic N) is 3. The molecule has 0 atom stereocenters. The molecule has 33 heavy (non-hydrogen) atoms. The van der Waals surface area contributed by atoms with E-state index in [1.807, 2.05) is 18.6 Å². The van der Waals surface area contributed by atoms with E-state index < -0.39 is 0 Å². The SMILES string of the molecule is CCCCCCCCCCCc1ccc(-c2ncc(CCCCCCCCCC)cn2)nc1. The van der Waals surface area contributed by atoms with Gasteiger partial charge in [-0.2, -0.15) is 0 Å². The highest BCUT2D eigenvalue weighted by Crippen LogP contribution is 2.16. The van der Waals surface area contributed by atoms with Crippen LogP contribution < -0.4 is 0 Å². The van der Waals surface area contributed by atoms with Gasteiger partial charge in [0.2, 0.25) is 0 Å². The number of hydrogen-bond donors (Lipinski definition) is 0. The summed E-state index contributed by atoms with van der Waals surface area (Å²) in [6, 6.07) is 4.28. The van der Waals surface area contributed by atoms with Crippen LogP contribution in [0.5, 0.6) is 0 Å². The van der Waals surface area contributed by atoms with Crippen molar-refractivity contribution in [1.82, 2.24) is 15.0 Å². The summed E-state index contributed by atoms with van der Waals surface area (Å²) in [5, 5.41) is 0. The number of hydrogen-bond acceptors (Lipinski definition) is 3. The Hall–Kier alpha value is -1.77. The van der Waals surface area contributed by atoms with Gasteiger partial charge < -0.3 is 0 Å². The Morgan fingerprint density at radius 2 is 0.879 bits per heavy atom. The molecule has 0 bridgehead atoms. The molecule has 2 rings (SSSR count). The molecule has 0 spiro atoms. The number of rotatable bonds is 20. The van der Waals surface area contributed by atoms with Crippen LogP contribution in [0.15, 0.2) is 30.7 Å². The Kier molecular flexibility index (Phi) is 15.5. The lowest BCUT2D eigenvalue weighted by molar-refractivity contribution is 0.564. The van der Waals surface area contributed by atoms with Gasteiger partial charge in [0.05, 0.1) is 0 Å². The lowest BCUT2D eigenvalue weighted by Gasteiger charge is -2.05. The first-order chi connectivity index (χ1) is 16.3. The van der Waals surface area contributed by atoms with Crippen LogP contribution in [-0.2, 0) is 12.8 Å². The Bertz CT molecular complexity index is 693. The van der Waals surface area contributed by atoms with Crippen molar-refractivity contribution in [3.05, 3.63) is 41.9 Å². The fraction of sp³-hybridized carbons (Fsp3) is 0.700. The van der Waals surface area contributed by atoms with E-state index in [9.17, 15) is 0 Å². The van der Waals surface area contributed by atoms with E-state index in [0.717, 1.165) is 24.4 Å². The van der Waals surface area contributed by atoms with Gasteiger partial charge in [0.25, 0.3) is 0 Å². The van der Waals surface area contributed by atoms with Gasteiger partial charge in [-0.05, 0) is 42.9 Å². The standard InChI is InChI=1S/C30H49N3/c1-3-5-7-9-11-13-15-16-18-20-27-22-23-29(31-24-27)30-32-25-28(26-33-30)21-19-17-14-12-10-8-6-4-2/h22-26H,3-21H2,1-2H3. The second kappa shape index (κ2) is 18.6. The van der Waals surface area contributed by atoms with Gasteiger partial charge in [0, 0.05) is 18.6 Å². The molecule has 2 aromatic rings. The summed E-state index contributed by atoms with van der Waals surface area (Å²) in [6.07, 6.45) is 31.4. The Balaban J connectivity index is 1.59. The number of unbranched alkanes of at least 4 members (excludes halogenated alkanes) is 15. The van der Waals surface area contributed by atoms with Gasteiger partial charge in [0.15, 0.2) is 5.82 Å². The summed E-state index contributed by atoms with van der Waals surface area (Å²) in [5.41, 5.74) is 3.45. The summed E-state index contributed by atoms with van der Waals surface area (Å²) in [5.74, 6) is 0.740. The molecule has 0 aliphatic heterocycles. The molecule has 0 aliphatic rings. The van der Waals surface area contributed by atoms with Crippen LogP contribution in [0, 0.1) is 0 Å². The van der Waals surface area contributed by atoms with Crippen molar-refractivity contribution in [2.75, 3.05) is 0 Å². The van der Waals surface area contributed by atoms with Crippen LogP contribution in [0.2, 0.25) is 0 Å². The molecule has 2 heterocycles. The minimum atomic E-state index is 0.740. The molecular weight excluding hydrogens is 402 g/mol. The second-order valence-corrected chi connectivity index (χ2v) is 9.77. The van der Waals surface area contributed by atoms with Gasteiger partial charge in [-0.25, -0.2) is 9.97 Å². The van der Waals surface area contributed by atoms with E-state index in [1.54, 1.807) is 0 Å². The van der Waals surface area contributed by atoms with E-state index in [4.69, 9.17) is 0 Å². The molecule has 0 unspecified atom stereocenters. The van der Waals surface area contributed by atoms with E-state index in [2.05, 4.69) is 40.9 Å². The molecular formula is C30H49N3. The predicted octanol–water partition coefficient (Wildman–Crippen LogP) is 9.30. The van der Waals surface area contributed by atoms with Crippen molar-refractivity contribution in [3.8, 4) is 11.5 Å². The topological polar surface area (TPSA) is 38.7 Å². The molecule has 3 nitrogen and oxygen atoms in total. The smallest absolute Gasteiger partial charge is 0.178 e. The first kappa shape index (κ1) is 27.5. The summed E-state index contributed by atoms with van der Waals surface area (Å²) >= 11 is 0. The van der Waals surface area contributed by atoms with Gasteiger partial charge in [-0.15, -0.1) is 0 Å². The molecule has 0 saturated heterocycles. The lowest BCUT2D eigenvalue weighted by atomic mass is 10.0. The summed E-state index contributed by atoms with van der Waals surface area (Å²) < 4.78 is 0. The molecule has 0 amide bonds. The third-order valence-corrected chi connectivity index (χ3v) is 6.65. The van der Waals surface area contributed by atoms with Crippen LogP contribution in [0.25, 0.3) is 11.5 Å². The molecule has 0 N–H and O–H groups in total. The van der Waals surface area contributed by atoms with E-state index >= 15 is 0 Å². The third kappa shape index (κ3) is 12.9. The zero-order valence-corrected chi connectivity index (χ0v) is 21.7. The highest BCUT2D eigenvalue weighted by atomic mass is 14.9. The molecule has 184 valence electrons. The first-order valence-electron chi connectivity index (χ1n) is 14.1. The first-order valence-corrected chi connectivity index (χ1v) is 14.1. The largest absolute Gasteiger partial charge is 0.253 e. The second-order valence-electron chi connectivity index (χ2n) is 9.77. The normalized spacial score (nSPS) is 11.2. The van der Waals surface area contributed by atoms with Crippen molar-refractivity contribution in [2.45, 2.75) is 136 Å². The molecule has 0 fully saturated rings. The minimum Gasteiger partial charge on any atom is -0.253 e. The molecule has 0 radical (unpaired) electrons. The van der Waals surface area contributed by atoms with Crippen LogP contribution in [0.4, 0.5) is 0 Å². The molecule has 0 aromatic carbocycles.